The molecule has 0 spiro atoms. The summed E-state index contributed by atoms with van der Waals surface area (Å²) in [5, 5.41) is 2.30. The lowest BCUT2D eigenvalue weighted by molar-refractivity contribution is -0.119. The maximum atomic E-state index is 12.5. The summed E-state index contributed by atoms with van der Waals surface area (Å²) in [6.07, 6.45) is 3.78. The van der Waals surface area contributed by atoms with E-state index in [1.165, 1.54) is 11.1 Å². The van der Waals surface area contributed by atoms with Crippen LogP contribution in [0.4, 0.5) is 0 Å². The number of carbonyl (C=O) groups is 1. The number of carbonyl (C=O) groups excluding carboxylic acids is 1. The van der Waals surface area contributed by atoms with Crippen LogP contribution in [0.1, 0.15) is 37.3 Å². The summed E-state index contributed by atoms with van der Waals surface area (Å²) in [5.41, 5.74) is 9.48. The van der Waals surface area contributed by atoms with E-state index in [-0.39, 0.29) is 11.8 Å². The predicted octanol–water partition coefficient (Wildman–Crippen LogP) is 3.64. The Morgan fingerprint density at radius 2 is 1.93 bits per heavy atom. The van der Waals surface area contributed by atoms with E-state index in [2.05, 4.69) is 49.1 Å². The van der Waals surface area contributed by atoms with Crippen LogP contribution in [0.15, 0.2) is 48.0 Å². The molecule has 3 rings (SSSR count). The van der Waals surface area contributed by atoms with E-state index in [0.717, 1.165) is 62.0 Å². The maximum absolute atomic E-state index is 12.5. The number of rotatable bonds is 7. The number of nitrogens with two attached hydrogens (primary N) is 1. The SMILES string of the molecule is CC(C)=CCc1ccc2ccccc2c1C(CCN1CCOCC1)C(N)=O. The molecule has 0 aliphatic carbocycles. The van der Waals surface area contributed by atoms with Crippen molar-refractivity contribution in [2.75, 3.05) is 32.8 Å². The van der Waals surface area contributed by atoms with Gasteiger partial charge in [0, 0.05) is 13.1 Å². The number of nitrogens with zero attached hydrogens (tertiary/aromatic N) is 1. The Labute approximate surface area is 162 Å². The van der Waals surface area contributed by atoms with E-state index >= 15 is 0 Å². The molecule has 1 amide bonds. The maximum Gasteiger partial charge on any atom is 0.225 e. The number of allylic oxidation sites excluding steroid dienone is 2. The second-order valence-corrected chi connectivity index (χ2v) is 7.54. The number of fused-ring (bicyclic) bond motifs is 1. The van der Waals surface area contributed by atoms with Gasteiger partial charge < -0.3 is 10.5 Å². The first-order valence-corrected chi connectivity index (χ1v) is 9.79. The largest absolute Gasteiger partial charge is 0.379 e. The van der Waals surface area contributed by atoms with Gasteiger partial charge in [-0.15, -0.1) is 0 Å². The Kier molecular flexibility index (Phi) is 6.64. The van der Waals surface area contributed by atoms with Gasteiger partial charge in [0.25, 0.3) is 0 Å². The highest BCUT2D eigenvalue weighted by Gasteiger charge is 2.24. The van der Waals surface area contributed by atoms with Crippen LogP contribution < -0.4 is 5.73 Å². The van der Waals surface area contributed by atoms with Crippen molar-refractivity contribution in [1.82, 2.24) is 4.90 Å². The Morgan fingerprint density at radius 3 is 2.63 bits per heavy atom. The lowest BCUT2D eigenvalue weighted by Crippen LogP contribution is -2.38. The summed E-state index contributed by atoms with van der Waals surface area (Å²) >= 11 is 0. The molecule has 0 saturated carbocycles. The average molecular weight is 367 g/mol. The Bertz CT molecular complexity index is 818. The lowest BCUT2D eigenvalue weighted by atomic mass is 9.85. The molecule has 1 aliphatic rings. The molecule has 144 valence electrons. The fourth-order valence-corrected chi connectivity index (χ4v) is 3.81. The molecule has 1 heterocycles. The molecule has 4 heteroatoms. The summed E-state index contributed by atoms with van der Waals surface area (Å²) < 4.78 is 5.43. The molecule has 1 fully saturated rings. The lowest BCUT2D eigenvalue weighted by Gasteiger charge is -2.28. The zero-order valence-corrected chi connectivity index (χ0v) is 16.4. The number of primary amides is 1. The van der Waals surface area contributed by atoms with Crippen LogP contribution in [0.25, 0.3) is 10.8 Å². The fraction of sp³-hybridized carbons (Fsp3) is 0.435. The minimum atomic E-state index is -0.278. The quantitative estimate of drug-likeness (QED) is 0.761. The van der Waals surface area contributed by atoms with Crippen molar-refractivity contribution >= 4 is 16.7 Å². The number of hydrogen-bond donors (Lipinski definition) is 1. The molecular formula is C23H30N2O2. The van der Waals surface area contributed by atoms with Gasteiger partial charge in [0.1, 0.15) is 0 Å². The molecule has 1 saturated heterocycles. The van der Waals surface area contributed by atoms with Crippen LogP contribution in [0.3, 0.4) is 0 Å². The Hall–Kier alpha value is -2.17. The third-order valence-corrected chi connectivity index (χ3v) is 5.32. The van der Waals surface area contributed by atoms with Crippen LogP contribution in [-0.4, -0.2) is 43.7 Å². The number of amides is 1. The summed E-state index contributed by atoms with van der Waals surface area (Å²) in [7, 11) is 0. The van der Waals surface area contributed by atoms with E-state index in [1.54, 1.807) is 0 Å². The number of morpholine rings is 1. The Balaban J connectivity index is 1.96. The fourth-order valence-electron chi connectivity index (χ4n) is 3.81. The molecule has 2 aromatic carbocycles. The van der Waals surface area contributed by atoms with Crippen molar-refractivity contribution in [2.45, 2.75) is 32.6 Å². The van der Waals surface area contributed by atoms with Gasteiger partial charge in [-0.05, 0) is 55.1 Å². The molecule has 1 unspecified atom stereocenters. The van der Waals surface area contributed by atoms with Gasteiger partial charge in [0.15, 0.2) is 0 Å². The minimum Gasteiger partial charge on any atom is -0.379 e. The van der Waals surface area contributed by atoms with E-state index in [9.17, 15) is 4.79 Å². The smallest absolute Gasteiger partial charge is 0.225 e. The molecule has 27 heavy (non-hydrogen) atoms. The number of hydrogen-bond acceptors (Lipinski definition) is 3. The van der Waals surface area contributed by atoms with Crippen molar-refractivity contribution in [1.29, 1.82) is 0 Å². The van der Waals surface area contributed by atoms with Crippen molar-refractivity contribution in [3.63, 3.8) is 0 Å². The second-order valence-electron chi connectivity index (χ2n) is 7.54. The highest BCUT2D eigenvalue weighted by atomic mass is 16.5. The third-order valence-electron chi connectivity index (χ3n) is 5.32. The molecule has 4 nitrogen and oxygen atoms in total. The average Bonchev–Trinajstić information content (AvgIpc) is 2.67. The third kappa shape index (κ3) is 4.96. The molecule has 0 radical (unpaired) electrons. The highest BCUT2D eigenvalue weighted by Crippen LogP contribution is 2.32. The van der Waals surface area contributed by atoms with E-state index < -0.39 is 0 Å². The van der Waals surface area contributed by atoms with E-state index in [0.29, 0.717) is 0 Å². The minimum absolute atomic E-state index is 0.238. The van der Waals surface area contributed by atoms with Crippen LogP contribution in [0.2, 0.25) is 0 Å². The first-order valence-electron chi connectivity index (χ1n) is 9.79. The number of ether oxygens (including phenoxy) is 1. The van der Waals surface area contributed by atoms with Gasteiger partial charge in [-0.1, -0.05) is 48.0 Å². The van der Waals surface area contributed by atoms with Crippen LogP contribution >= 0.6 is 0 Å². The molecule has 0 aromatic heterocycles. The van der Waals surface area contributed by atoms with Crippen molar-refractivity contribution in [3.05, 3.63) is 59.2 Å². The highest BCUT2D eigenvalue weighted by molar-refractivity contribution is 5.93. The first kappa shape index (κ1) is 19.6. The summed E-state index contributed by atoms with van der Waals surface area (Å²) in [5.74, 6) is -0.516. The van der Waals surface area contributed by atoms with Crippen molar-refractivity contribution in [2.24, 2.45) is 5.73 Å². The first-order chi connectivity index (χ1) is 13.1. The van der Waals surface area contributed by atoms with Crippen molar-refractivity contribution < 1.29 is 9.53 Å². The summed E-state index contributed by atoms with van der Waals surface area (Å²) in [6, 6.07) is 12.6. The van der Waals surface area contributed by atoms with Crippen molar-refractivity contribution in [3.8, 4) is 0 Å². The van der Waals surface area contributed by atoms with Gasteiger partial charge >= 0.3 is 0 Å². The normalized spacial score (nSPS) is 16.2. The molecule has 1 atom stereocenters. The van der Waals surface area contributed by atoms with E-state index in [1.807, 2.05) is 12.1 Å². The molecule has 2 aromatic rings. The molecule has 2 N–H and O–H groups in total. The monoisotopic (exact) mass is 366 g/mol. The van der Waals surface area contributed by atoms with Gasteiger partial charge in [-0.3, -0.25) is 9.69 Å². The topological polar surface area (TPSA) is 55.6 Å². The Morgan fingerprint density at radius 1 is 1.19 bits per heavy atom. The van der Waals surface area contributed by atoms with E-state index in [4.69, 9.17) is 10.5 Å². The van der Waals surface area contributed by atoms with Crippen LogP contribution in [-0.2, 0) is 16.0 Å². The van der Waals surface area contributed by atoms with Gasteiger partial charge in [-0.25, -0.2) is 0 Å². The summed E-state index contributed by atoms with van der Waals surface area (Å²) in [4.78, 5) is 14.8. The van der Waals surface area contributed by atoms with Gasteiger partial charge in [0.2, 0.25) is 5.91 Å². The molecule has 1 aliphatic heterocycles. The molecule has 0 bridgehead atoms. The zero-order valence-electron chi connectivity index (χ0n) is 16.4. The second kappa shape index (κ2) is 9.16. The van der Waals surface area contributed by atoms with Crippen LogP contribution in [0.5, 0.6) is 0 Å². The van der Waals surface area contributed by atoms with Gasteiger partial charge in [0.05, 0.1) is 19.1 Å². The van der Waals surface area contributed by atoms with Gasteiger partial charge in [-0.2, -0.15) is 0 Å². The standard InChI is InChI=1S/C23H30N2O2/c1-17(2)7-8-19-10-9-18-5-3-4-6-20(18)22(19)21(23(24)26)11-12-25-13-15-27-16-14-25/h3-7,9-10,21H,8,11-16H2,1-2H3,(H2,24,26). The molecular weight excluding hydrogens is 336 g/mol. The predicted molar refractivity (Wildman–Crippen MR) is 111 cm³/mol. The number of benzene rings is 2. The summed E-state index contributed by atoms with van der Waals surface area (Å²) in [6.45, 7) is 8.44. The zero-order chi connectivity index (χ0) is 19.2. The van der Waals surface area contributed by atoms with Crippen LogP contribution in [0, 0.1) is 0 Å².